The molecule has 4 heteroatoms. The summed E-state index contributed by atoms with van der Waals surface area (Å²) in [5, 5.41) is 12.1. The van der Waals surface area contributed by atoms with Crippen molar-refractivity contribution in [2.24, 2.45) is 5.92 Å². The lowest BCUT2D eigenvalue weighted by molar-refractivity contribution is -0.144. The van der Waals surface area contributed by atoms with Crippen LogP contribution in [0.5, 0.6) is 0 Å². The maximum atomic E-state index is 11.2. The van der Waals surface area contributed by atoms with E-state index < -0.39 is 11.5 Å². The van der Waals surface area contributed by atoms with Gasteiger partial charge in [-0.3, -0.25) is 4.79 Å². The normalized spacial score (nSPS) is 19.3. The van der Waals surface area contributed by atoms with Gasteiger partial charge in [0.1, 0.15) is 5.54 Å². The first kappa shape index (κ1) is 14.5. The number of hydrogen-bond acceptors (Lipinski definition) is 3. The van der Waals surface area contributed by atoms with E-state index in [2.05, 4.69) is 17.1 Å². The molecular weight excluding hydrogens is 216 g/mol. The topological polar surface area (TPSA) is 52.6 Å². The molecular formula is C13H26N2O2. The standard InChI is InChI=1S/C13H26N2O2/c1-4-8-15(10-11-5-6-11)9-7-13(2,14-3)12(16)17/h11,14H,4-10H2,1-3H3,(H,16,17). The molecule has 1 aliphatic rings. The third-order valence-electron chi connectivity index (χ3n) is 3.70. The lowest BCUT2D eigenvalue weighted by Crippen LogP contribution is -2.49. The van der Waals surface area contributed by atoms with E-state index in [1.807, 2.05) is 0 Å². The van der Waals surface area contributed by atoms with Crippen LogP contribution in [0.25, 0.3) is 0 Å². The van der Waals surface area contributed by atoms with Crippen LogP contribution < -0.4 is 5.32 Å². The molecule has 17 heavy (non-hydrogen) atoms. The van der Waals surface area contributed by atoms with Gasteiger partial charge in [0.2, 0.25) is 0 Å². The van der Waals surface area contributed by atoms with Crippen LogP contribution in [-0.4, -0.2) is 48.2 Å². The zero-order valence-corrected chi connectivity index (χ0v) is 11.3. The molecule has 0 saturated heterocycles. The molecule has 100 valence electrons. The molecule has 0 amide bonds. The van der Waals surface area contributed by atoms with E-state index in [-0.39, 0.29) is 0 Å². The number of carbonyl (C=O) groups is 1. The minimum atomic E-state index is -0.796. The quantitative estimate of drug-likeness (QED) is 0.644. The van der Waals surface area contributed by atoms with E-state index in [9.17, 15) is 9.90 Å². The first-order chi connectivity index (χ1) is 8.01. The Hall–Kier alpha value is -0.610. The first-order valence-electron chi connectivity index (χ1n) is 6.66. The van der Waals surface area contributed by atoms with Crippen molar-refractivity contribution in [3.8, 4) is 0 Å². The largest absolute Gasteiger partial charge is 0.480 e. The Morgan fingerprint density at radius 3 is 2.53 bits per heavy atom. The highest BCUT2D eigenvalue weighted by molar-refractivity contribution is 5.78. The van der Waals surface area contributed by atoms with Gasteiger partial charge in [-0.15, -0.1) is 0 Å². The highest BCUT2D eigenvalue weighted by Gasteiger charge is 2.32. The van der Waals surface area contributed by atoms with Crippen molar-refractivity contribution in [1.29, 1.82) is 0 Å². The predicted molar refractivity (Wildman–Crippen MR) is 69.2 cm³/mol. The van der Waals surface area contributed by atoms with Crippen LogP contribution in [0.1, 0.15) is 39.5 Å². The molecule has 1 rings (SSSR count). The van der Waals surface area contributed by atoms with Crippen LogP contribution in [-0.2, 0) is 4.79 Å². The predicted octanol–water partition coefficient (Wildman–Crippen LogP) is 1.56. The van der Waals surface area contributed by atoms with Crippen molar-refractivity contribution in [2.75, 3.05) is 26.7 Å². The molecule has 0 spiro atoms. The van der Waals surface area contributed by atoms with Gasteiger partial charge in [0.25, 0.3) is 0 Å². The van der Waals surface area contributed by atoms with E-state index in [1.54, 1.807) is 14.0 Å². The lowest BCUT2D eigenvalue weighted by Gasteiger charge is -2.29. The molecule has 2 N–H and O–H groups in total. The van der Waals surface area contributed by atoms with Gasteiger partial charge in [-0.05, 0) is 52.1 Å². The fourth-order valence-electron chi connectivity index (χ4n) is 2.00. The Balaban J connectivity index is 2.40. The zero-order chi connectivity index (χ0) is 12.9. The van der Waals surface area contributed by atoms with Gasteiger partial charge < -0.3 is 15.3 Å². The van der Waals surface area contributed by atoms with Crippen LogP contribution in [0, 0.1) is 5.92 Å². The zero-order valence-electron chi connectivity index (χ0n) is 11.3. The summed E-state index contributed by atoms with van der Waals surface area (Å²) in [5.41, 5.74) is -0.796. The summed E-state index contributed by atoms with van der Waals surface area (Å²) in [5.74, 6) is 0.107. The van der Waals surface area contributed by atoms with Gasteiger partial charge in [-0.2, -0.15) is 0 Å². The van der Waals surface area contributed by atoms with Crippen molar-refractivity contribution in [1.82, 2.24) is 10.2 Å². The SMILES string of the molecule is CCCN(CCC(C)(NC)C(=O)O)CC1CC1. The van der Waals surface area contributed by atoms with Crippen molar-refractivity contribution < 1.29 is 9.90 Å². The van der Waals surface area contributed by atoms with Gasteiger partial charge in [0.15, 0.2) is 0 Å². The summed E-state index contributed by atoms with van der Waals surface area (Å²) in [6.07, 6.45) is 4.49. The molecule has 4 nitrogen and oxygen atoms in total. The maximum absolute atomic E-state index is 11.2. The smallest absolute Gasteiger partial charge is 0.323 e. The fraction of sp³-hybridized carbons (Fsp3) is 0.923. The van der Waals surface area contributed by atoms with E-state index >= 15 is 0 Å². The molecule has 0 aliphatic heterocycles. The Bertz CT molecular complexity index is 254. The minimum Gasteiger partial charge on any atom is -0.480 e. The number of likely N-dealkylation sites (N-methyl/N-ethyl adjacent to an activating group) is 1. The van der Waals surface area contributed by atoms with Crippen molar-refractivity contribution in [3.63, 3.8) is 0 Å². The van der Waals surface area contributed by atoms with Crippen LogP contribution >= 0.6 is 0 Å². The first-order valence-corrected chi connectivity index (χ1v) is 6.66. The lowest BCUT2D eigenvalue weighted by atomic mass is 9.98. The average molecular weight is 242 g/mol. The molecule has 0 aromatic rings. The van der Waals surface area contributed by atoms with Crippen LogP contribution in [0.2, 0.25) is 0 Å². The van der Waals surface area contributed by atoms with Gasteiger partial charge in [-0.1, -0.05) is 6.92 Å². The summed E-state index contributed by atoms with van der Waals surface area (Å²) in [6, 6.07) is 0. The minimum absolute atomic E-state index is 0.658. The van der Waals surface area contributed by atoms with Crippen LogP contribution in [0.15, 0.2) is 0 Å². The van der Waals surface area contributed by atoms with E-state index in [0.29, 0.717) is 6.42 Å². The fourth-order valence-corrected chi connectivity index (χ4v) is 2.00. The van der Waals surface area contributed by atoms with Crippen LogP contribution in [0.4, 0.5) is 0 Å². The number of carboxylic acid groups (broad SMARTS) is 1. The van der Waals surface area contributed by atoms with Gasteiger partial charge in [0, 0.05) is 13.1 Å². The summed E-state index contributed by atoms with van der Waals surface area (Å²) in [6.45, 7) is 7.03. The summed E-state index contributed by atoms with van der Waals surface area (Å²) >= 11 is 0. The Morgan fingerprint density at radius 2 is 2.12 bits per heavy atom. The average Bonchev–Trinajstić information content (AvgIpc) is 3.09. The van der Waals surface area contributed by atoms with Crippen LogP contribution in [0.3, 0.4) is 0 Å². The van der Waals surface area contributed by atoms with Crippen molar-refractivity contribution >= 4 is 5.97 Å². The molecule has 1 atom stereocenters. The third kappa shape index (κ3) is 4.64. The molecule has 0 aromatic heterocycles. The number of rotatable bonds is 9. The maximum Gasteiger partial charge on any atom is 0.323 e. The molecule has 1 saturated carbocycles. The molecule has 0 heterocycles. The summed E-state index contributed by atoms with van der Waals surface area (Å²) in [7, 11) is 1.72. The molecule has 1 unspecified atom stereocenters. The molecule has 0 radical (unpaired) electrons. The molecule has 0 bridgehead atoms. The van der Waals surface area contributed by atoms with E-state index in [4.69, 9.17) is 0 Å². The molecule has 1 aliphatic carbocycles. The number of nitrogens with one attached hydrogen (secondary N) is 1. The second-order valence-corrected chi connectivity index (χ2v) is 5.38. The van der Waals surface area contributed by atoms with Crippen molar-refractivity contribution in [2.45, 2.75) is 45.1 Å². The highest BCUT2D eigenvalue weighted by atomic mass is 16.4. The van der Waals surface area contributed by atoms with E-state index in [0.717, 1.165) is 32.0 Å². The summed E-state index contributed by atoms with van der Waals surface area (Å²) < 4.78 is 0. The Morgan fingerprint density at radius 1 is 1.47 bits per heavy atom. The third-order valence-corrected chi connectivity index (χ3v) is 3.70. The number of nitrogens with zero attached hydrogens (tertiary/aromatic N) is 1. The summed E-state index contributed by atoms with van der Waals surface area (Å²) in [4.78, 5) is 13.6. The Labute approximate surface area is 104 Å². The monoisotopic (exact) mass is 242 g/mol. The molecule has 0 aromatic carbocycles. The van der Waals surface area contributed by atoms with Crippen molar-refractivity contribution in [3.05, 3.63) is 0 Å². The Kier molecular flexibility index (Phi) is 5.40. The number of carboxylic acids is 1. The second kappa shape index (κ2) is 6.36. The van der Waals surface area contributed by atoms with Gasteiger partial charge >= 0.3 is 5.97 Å². The number of aliphatic carboxylic acids is 1. The highest BCUT2D eigenvalue weighted by Crippen LogP contribution is 2.30. The van der Waals surface area contributed by atoms with Gasteiger partial charge in [-0.25, -0.2) is 0 Å². The molecule has 1 fully saturated rings. The van der Waals surface area contributed by atoms with Gasteiger partial charge in [0.05, 0.1) is 0 Å². The second-order valence-electron chi connectivity index (χ2n) is 5.38. The number of hydrogen-bond donors (Lipinski definition) is 2. The van der Waals surface area contributed by atoms with E-state index in [1.165, 1.54) is 12.8 Å².